The monoisotopic (exact) mass is 288 g/mol. The fourth-order valence-corrected chi connectivity index (χ4v) is 3.04. The van der Waals surface area contributed by atoms with Crippen molar-refractivity contribution in [3.8, 4) is 0 Å². The summed E-state index contributed by atoms with van der Waals surface area (Å²) in [7, 11) is 0. The Morgan fingerprint density at radius 3 is 2.10 bits per heavy atom. The third-order valence-electron chi connectivity index (χ3n) is 4.92. The van der Waals surface area contributed by atoms with E-state index in [0.717, 1.165) is 30.4 Å². The van der Waals surface area contributed by atoms with E-state index in [9.17, 15) is 5.11 Å². The second kappa shape index (κ2) is 6.47. The maximum absolute atomic E-state index is 10.9. The number of hydrogen-bond donors (Lipinski definition) is 2. The molecule has 0 spiro atoms. The Balaban J connectivity index is 1.58. The Labute approximate surface area is 128 Å². The minimum absolute atomic E-state index is 0.289. The highest BCUT2D eigenvalue weighted by molar-refractivity contribution is 5.22. The lowest BCUT2D eigenvalue weighted by Crippen LogP contribution is -2.40. The van der Waals surface area contributed by atoms with Crippen molar-refractivity contribution in [3.63, 3.8) is 0 Å². The number of nitrogens with two attached hydrogens (primary N) is 1. The molecule has 0 radical (unpaired) electrons. The van der Waals surface area contributed by atoms with Crippen LogP contribution in [0.25, 0.3) is 0 Å². The van der Waals surface area contributed by atoms with Crippen LogP contribution in [0.15, 0.2) is 30.3 Å². The normalized spacial score (nSPS) is 21.5. The van der Waals surface area contributed by atoms with Gasteiger partial charge < -0.3 is 15.7 Å². The van der Waals surface area contributed by atoms with E-state index in [1.54, 1.807) is 0 Å². The standard InChI is InChI=1S/C18H28N2O/c19-14-18(21,17-4-2-1-3-5-17)10-11-20(12-15-6-7-15)13-16-8-9-16/h1-5,15-16,21H,6-14,19H2. The van der Waals surface area contributed by atoms with Crippen LogP contribution >= 0.6 is 0 Å². The first-order valence-electron chi connectivity index (χ1n) is 8.40. The van der Waals surface area contributed by atoms with E-state index in [1.165, 1.54) is 38.8 Å². The van der Waals surface area contributed by atoms with Gasteiger partial charge in [-0.3, -0.25) is 0 Å². The van der Waals surface area contributed by atoms with E-state index in [2.05, 4.69) is 4.90 Å². The predicted molar refractivity (Wildman–Crippen MR) is 85.9 cm³/mol. The summed E-state index contributed by atoms with van der Waals surface area (Å²) in [6.07, 6.45) is 6.29. The van der Waals surface area contributed by atoms with E-state index in [-0.39, 0.29) is 6.54 Å². The van der Waals surface area contributed by atoms with Crippen LogP contribution in [0.1, 0.15) is 37.7 Å². The quantitative estimate of drug-likeness (QED) is 0.733. The maximum atomic E-state index is 10.9. The van der Waals surface area contributed by atoms with Gasteiger partial charge >= 0.3 is 0 Å². The molecule has 1 unspecified atom stereocenters. The third kappa shape index (κ3) is 4.29. The fraction of sp³-hybridized carbons (Fsp3) is 0.667. The van der Waals surface area contributed by atoms with Gasteiger partial charge in [0.25, 0.3) is 0 Å². The molecule has 0 amide bonds. The van der Waals surface area contributed by atoms with Crippen molar-refractivity contribution in [3.05, 3.63) is 35.9 Å². The van der Waals surface area contributed by atoms with Crippen LogP contribution in [0.5, 0.6) is 0 Å². The highest BCUT2D eigenvalue weighted by atomic mass is 16.3. The van der Waals surface area contributed by atoms with Crippen molar-refractivity contribution in [2.24, 2.45) is 17.6 Å². The highest BCUT2D eigenvalue weighted by Crippen LogP contribution is 2.34. The molecule has 1 aromatic carbocycles. The first kappa shape index (κ1) is 15.0. The molecule has 2 fully saturated rings. The van der Waals surface area contributed by atoms with Gasteiger partial charge in [0.2, 0.25) is 0 Å². The molecular weight excluding hydrogens is 260 g/mol. The minimum atomic E-state index is -0.882. The van der Waals surface area contributed by atoms with Crippen molar-refractivity contribution in [2.45, 2.75) is 37.7 Å². The highest BCUT2D eigenvalue weighted by Gasteiger charge is 2.32. The lowest BCUT2D eigenvalue weighted by molar-refractivity contribution is 0.0247. The topological polar surface area (TPSA) is 49.5 Å². The summed E-state index contributed by atoms with van der Waals surface area (Å²) < 4.78 is 0. The Bertz CT molecular complexity index is 428. The second-order valence-electron chi connectivity index (χ2n) is 7.00. The first-order valence-corrected chi connectivity index (χ1v) is 8.40. The molecule has 116 valence electrons. The number of nitrogens with zero attached hydrogens (tertiary/aromatic N) is 1. The summed E-state index contributed by atoms with van der Waals surface area (Å²) in [6.45, 7) is 3.67. The number of hydrogen-bond acceptors (Lipinski definition) is 3. The molecule has 2 aliphatic rings. The van der Waals surface area contributed by atoms with Crippen LogP contribution in [0, 0.1) is 11.8 Å². The van der Waals surface area contributed by atoms with Gasteiger partial charge in [0.05, 0.1) is 0 Å². The molecule has 1 aromatic rings. The molecule has 3 heteroatoms. The van der Waals surface area contributed by atoms with Crippen molar-refractivity contribution >= 4 is 0 Å². The molecule has 0 saturated heterocycles. The Kier molecular flexibility index (Phi) is 4.63. The molecule has 1 atom stereocenters. The fourth-order valence-electron chi connectivity index (χ4n) is 3.04. The van der Waals surface area contributed by atoms with Gasteiger partial charge in [0, 0.05) is 26.2 Å². The van der Waals surface area contributed by atoms with Gasteiger partial charge in [0.15, 0.2) is 0 Å². The molecule has 2 aliphatic carbocycles. The molecule has 0 heterocycles. The van der Waals surface area contributed by atoms with E-state index < -0.39 is 5.60 Å². The molecule has 0 aliphatic heterocycles. The van der Waals surface area contributed by atoms with Gasteiger partial charge in [-0.05, 0) is 49.5 Å². The number of rotatable bonds is 9. The number of benzene rings is 1. The molecule has 2 saturated carbocycles. The maximum Gasteiger partial charge on any atom is 0.103 e. The van der Waals surface area contributed by atoms with Gasteiger partial charge in [-0.1, -0.05) is 30.3 Å². The Hall–Kier alpha value is -0.900. The number of aliphatic hydroxyl groups is 1. The zero-order chi connectivity index (χ0) is 14.7. The van der Waals surface area contributed by atoms with Gasteiger partial charge in [0.1, 0.15) is 5.60 Å². The summed E-state index contributed by atoms with van der Waals surface area (Å²) in [6, 6.07) is 9.90. The smallest absolute Gasteiger partial charge is 0.103 e. The summed E-state index contributed by atoms with van der Waals surface area (Å²) in [5.41, 5.74) is 5.95. The van der Waals surface area contributed by atoms with E-state index >= 15 is 0 Å². The van der Waals surface area contributed by atoms with Crippen molar-refractivity contribution < 1.29 is 5.11 Å². The average Bonchev–Trinajstić information content (AvgIpc) is 3.42. The van der Waals surface area contributed by atoms with Crippen molar-refractivity contribution in [1.82, 2.24) is 4.90 Å². The first-order chi connectivity index (χ1) is 10.2. The Morgan fingerprint density at radius 2 is 1.62 bits per heavy atom. The lowest BCUT2D eigenvalue weighted by atomic mass is 9.90. The van der Waals surface area contributed by atoms with Crippen LogP contribution in [0.4, 0.5) is 0 Å². The van der Waals surface area contributed by atoms with Gasteiger partial charge in [-0.15, -0.1) is 0 Å². The second-order valence-corrected chi connectivity index (χ2v) is 7.00. The molecule has 21 heavy (non-hydrogen) atoms. The van der Waals surface area contributed by atoms with E-state index in [0.29, 0.717) is 0 Å². The summed E-state index contributed by atoms with van der Waals surface area (Å²) in [5.74, 6) is 1.82. The predicted octanol–water partition coefficient (Wildman–Crippen LogP) is 2.34. The van der Waals surface area contributed by atoms with Gasteiger partial charge in [-0.2, -0.15) is 0 Å². The largest absolute Gasteiger partial charge is 0.384 e. The molecule has 3 N–H and O–H groups in total. The van der Waals surface area contributed by atoms with Crippen molar-refractivity contribution in [1.29, 1.82) is 0 Å². The molecular formula is C18H28N2O. The van der Waals surface area contributed by atoms with Crippen LogP contribution in [-0.4, -0.2) is 36.2 Å². The molecule has 3 nitrogen and oxygen atoms in total. The van der Waals surface area contributed by atoms with E-state index in [1.807, 2.05) is 30.3 Å². The molecule has 3 rings (SSSR count). The van der Waals surface area contributed by atoms with Crippen molar-refractivity contribution in [2.75, 3.05) is 26.2 Å². The minimum Gasteiger partial charge on any atom is -0.384 e. The SMILES string of the molecule is NCC(O)(CCN(CC1CC1)CC1CC1)c1ccccc1. The summed E-state index contributed by atoms with van der Waals surface area (Å²) in [4.78, 5) is 2.57. The zero-order valence-corrected chi connectivity index (χ0v) is 12.9. The molecule has 0 bridgehead atoms. The zero-order valence-electron chi connectivity index (χ0n) is 12.9. The average molecular weight is 288 g/mol. The summed E-state index contributed by atoms with van der Waals surface area (Å²) in [5, 5.41) is 10.9. The third-order valence-corrected chi connectivity index (χ3v) is 4.92. The summed E-state index contributed by atoms with van der Waals surface area (Å²) >= 11 is 0. The van der Waals surface area contributed by atoms with Crippen LogP contribution < -0.4 is 5.73 Å². The van der Waals surface area contributed by atoms with Crippen LogP contribution in [0.2, 0.25) is 0 Å². The van der Waals surface area contributed by atoms with Crippen LogP contribution in [-0.2, 0) is 5.60 Å². The Morgan fingerprint density at radius 1 is 1.05 bits per heavy atom. The van der Waals surface area contributed by atoms with Crippen LogP contribution in [0.3, 0.4) is 0 Å². The van der Waals surface area contributed by atoms with Gasteiger partial charge in [-0.25, -0.2) is 0 Å². The lowest BCUT2D eigenvalue weighted by Gasteiger charge is -2.31. The molecule has 0 aromatic heterocycles. The van der Waals surface area contributed by atoms with E-state index in [4.69, 9.17) is 5.73 Å².